The largest absolute Gasteiger partial charge is 0.444 e. The highest BCUT2D eigenvalue weighted by atomic mass is 19.1. The van der Waals surface area contributed by atoms with Crippen LogP contribution in [0.5, 0.6) is 0 Å². The van der Waals surface area contributed by atoms with Crippen molar-refractivity contribution >= 4 is 12.4 Å². The van der Waals surface area contributed by atoms with Crippen molar-refractivity contribution in [2.45, 2.75) is 38.6 Å². The Morgan fingerprint density at radius 2 is 2.20 bits per heavy atom. The Labute approximate surface area is 116 Å². The maximum atomic E-state index is 14.0. The number of aromatic nitrogens is 2. The highest BCUT2D eigenvalue weighted by Gasteiger charge is 2.38. The number of alkyl halides is 1. The molecule has 0 radical (unpaired) electrons. The second kappa shape index (κ2) is 5.22. The van der Waals surface area contributed by atoms with Crippen LogP contribution in [0.3, 0.4) is 0 Å². The van der Waals surface area contributed by atoms with E-state index in [1.165, 1.54) is 22.0 Å². The molecule has 1 saturated heterocycles. The van der Waals surface area contributed by atoms with Crippen LogP contribution in [-0.2, 0) is 4.74 Å². The van der Waals surface area contributed by atoms with Crippen LogP contribution in [0, 0.1) is 0 Å². The summed E-state index contributed by atoms with van der Waals surface area (Å²) in [6, 6.07) is -0.538. The van der Waals surface area contributed by atoms with Crippen molar-refractivity contribution in [1.29, 1.82) is 0 Å². The van der Waals surface area contributed by atoms with E-state index < -0.39 is 23.9 Å². The number of amides is 1. The number of hydrogen-bond donors (Lipinski definition) is 0. The third-order valence-corrected chi connectivity index (χ3v) is 3.00. The van der Waals surface area contributed by atoms with Gasteiger partial charge in [-0.05, 0) is 20.8 Å². The zero-order valence-corrected chi connectivity index (χ0v) is 11.7. The molecular weight excluding hydrogens is 265 g/mol. The lowest BCUT2D eigenvalue weighted by molar-refractivity contribution is 0.0281. The Kier molecular flexibility index (Phi) is 3.78. The standard InChI is InChI=1S/C13H18FN3O3/c1-13(2,3)20-12(19)16-5-10(14)11(6-16)17-4-9(7-18)15-8-17/h4,7-8,10-11H,5-6H2,1-3H3/t10-,11+/m0/s1. The molecule has 2 heterocycles. The number of halogens is 1. The molecule has 0 aliphatic carbocycles. The quantitative estimate of drug-likeness (QED) is 0.777. The molecule has 1 aromatic rings. The van der Waals surface area contributed by atoms with Gasteiger partial charge in [-0.15, -0.1) is 0 Å². The van der Waals surface area contributed by atoms with Crippen LogP contribution in [-0.4, -0.2) is 51.7 Å². The average molecular weight is 283 g/mol. The van der Waals surface area contributed by atoms with Gasteiger partial charge in [0, 0.05) is 12.7 Å². The number of likely N-dealkylation sites (tertiary alicyclic amines) is 1. The first-order valence-electron chi connectivity index (χ1n) is 6.41. The number of hydrogen-bond acceptors (Lipinski definition) is 4. The van der Waals surface area contributed by atoms with Crippen LogP contribution in [0.15, 0.2) is 12.5 Å². The van der Waals surface area contributed by atoms with Crippen LogP contribution >= 0.6 is 0 Å². The van der Waals surface area contributed by atoms with E-state index in [9.17, 15) is 14.0 Å². The summed E-state index contributed by atoms with van der Waals surface area (Å²) >= 11 is 0. The third kappa shape index (κ3) is 3.15. The Morgan fingerprint density at radius 3 is 2.75 bits per heavy atom. The van der Waals surface area contributed by atoms with Crippen LogP contribution < -0.4 is 0 Å². The number of carbonyl (C=O) groups excluding carboxylic acids is 2. The summed E-state index contributed by atoms with van der Waals surface area (Å²) in [4.78, 5) is 27.7. The lowest BCUT2D eigenvalue weighted by atomic mass is 10.2. The summed E-state index contributed by atoms with van der Waals surface area (Å²) in [5.74, 6) is 0. The van der Waals surface area contributed by atoms with E-state index in [0.717, 1.165) is 0 Å². The first kappa shape index (κ1) is 14.5. The molecule has 2 rings (SSSR count). The molecule has 20 heavy (non-hydrogen) atoms. The minimum atomic E-state index is -1.21. The summed E-state index contributed by atoms with van der Waals surface area (Å²) < 4.78 is 20.8. The number of rotatable bonds is 2. The number of ether oxygens (including phenoxy) is 1. The predicted octanol–water partition coefficient (Wildman–Crippen LogP) is 1.83. The fourth-order valence-electron chi connectivity index (χ4n) is 2.10. The summed E-state index contributed by atoms with van der Waals surface area (Å²) in [7, 11) is 0. The topological polar surface area (TPSA) is 64.4 Å². The molecule has 110 valence electrons. The molecule has 1 amide bonds. The van der Waals surface area contributed by atoms with E-state index in [2.05, 4.69) is 4.98 Å². The highest BCUT2D eigenvalue weighted by Crippen LogP contribution is 2.26. The highest BCUT2D eigenvalue weighted by molar-refractivity contribution is 5.71. The zero-order valence-electron chi connectivity index (χ0n) is 11.7. The minimum Gasteiger partial charge on any atom is -0.444 e. The summed E-state index contributed by atoms with van der Waals surface area (Å²) in [6.07, 6.45) is 1.74. The number of imidazole rings is 1. The molecule has 0 saturated carbocycles. The molecule has 0 unspecified atom stereocenters. The summed E-state index contributed by atoms with van der Waals surface area (Å²) in [6.45, 7) is 5.46. The van der Waals surface area contributed by atoms with Gasteiger partial charge in [0.25, 0.3) is 0 Å². The lowest BCUT2D eigenvalue weighted by Gasteiger charge is -2.24. The van der Waals surface area contributed by atoms with E-state index >= 15 is 0 Å². The molecule has 1 aliphatic rings. The molecule has 0 bridgehead atoms. The van der Waals surface area contributed by atoms with Gasteiger partial charge in [-0.25, -0.2) is 14.2 Å². The van der Waals surface area contributed by atoms with Crippen LogP contribution in [0.1, 0.15) is 37.3 Å². The minimum absolute atomic E-state index is 0.0197. The van der Waals surface area contributed by atoms with Crippen molar-refractivity contribution in [1.82, 2.24) is 14.5 Å². The van der Waals surface area contributed by atoms with Gasteiger partial charge in [0.15, 0.2) is 6.29 Å². The Hall–Kier alpha value is -1.92. The van der Waals surface area contributed by atoms with Crippen molar-refractivity contribution in [2.75, 3.05) is 13.1 Å². The van der Waals surface area contributed by atoms with Gasteiger partial charge < -0.3 is 14.2 Å². The monoisotopic (exact) mass is 283 g/mol. The van der Waals surface area contributed by atoms with Gasteiger partial charge in [-0.3, -0.25) is 4.79 Å². The zero-order chi connectivity index (χ0) is 14.9. The van der Waals surface area contributed by atoms with E-state index in [1.54, 1.807) is 20.8 Å². The second-order valence-corrected chi connectivity index (χ2v) is 5.83. The second-order valence-electron chi connectivity index (χ2n) is 5.83. The summed E-state index contributed by atoms with van der Waals surface area (Å²) in [5, 5.41) is 0. The molecule has 1 aliphatic heterocycles. The molecular formula is C13H18FN3O3. The molecule has 6 nitrogen and oxygen atoms in total. The van der Waals surface area contributed by atoms with Crippen molar-refractivity contribution < 1.29 is 18.7 Å². The normalized spacial score (nSPS) is 22.9. The number of carbonyl (C=O) groups is 2. The molecule has 0 N–H and O–H groups in total. The Bertz CT molecular complexity index is 509. The van der Waals surface area contributed by atoms with E-state index in [-0.39, 0.29) is 18.8 Å². The van der Waals surface area contributed by atoms with Gasteiger partial charge in [0.1, 0.15) is 17.5 Å². The average Bonchev–Trinajstić information content (AvgIpc) is 2.92. The van der Waals surface area contributed by atoms with E-state index in [0.29, 0.717) is 6.29 Å². The van der Waals surface area contributed by atoms with Crippen LogP contribution in [0.2, 0.25) is 0 Å². The van der Waals surface area contributed by atoms with Gasteiger partial charge >= 0.3 is 6.09 Å². The van der Waals surface area contributed by atoms with Gasteiger partial charge in [0.05, 0.1) is 18.9 Å². The first-order chi connectivity index (χ1) is 9.30. The van der Waals surface area contributed by atoms with Crippen LogP contribution in [0.25, 0.3) is 0 Å². The van der Waals surface area contributed by atoms with Crippen molar-refractivity contribution in [3.8, 4) is 0 Å². The van der Waals surface area contributed by atoms with Gasteiger partial charge in [0.2, 0.25) is 0 Å². The predicted molar refractivity (Wildman–Crippen MR) is 69.4 cm³/mol. The van der Waals surface area contributed by atoms with Gasteiger partial charge in [-0.1, -0.05) is 0 Å². The maximum Gasteiger partial charge on any atom is 0.410 e. The third-order valence-electron chi connectivity index (χ3n) is 3.00. The number of nitrogens with zero attached hydrogens (tertiary/aromatic N) is 3. The molecule has 1 fully saturated rings. The fraction of sp³-hybridized carbons (Fsp3) is 0.615. The first-order valence-corrected chi connectivity index (χ1v) is 6.41. The summed E-state index contributed by atoms with van der Waals surface area (Å²) in [5.41, 5.74) is -0.367. The fourth-order valence-corrected chi connectivity index (χ4v) is 2.10. The SMILES string of the molecule is CC(C)(C)OC(=O)N1C[C@@H](n2cnc(C=O)c2)[C@@H](F)C1. The molecule has 0 spiro atoms. The van der Waals surface area contributed by atoms with Crippen LogP contribution in [0.4, 0.5) is 9.18 Å². The maximum absolute atomic E-state index is 14.0. The Morgan fingerprint density at radius 1 is 1.50 bits per heavy atom. The lowest BCUT2D eigenvalue weighted by Crippen LogP contribution is -2.35. The van der Waals surface area contributed by atoms with Crippen molar-refractivity contribution in [3.05, 3.63) is 18.2 Å². The molecule has 0 aromatic carbocycles. The van der Waals surface area contributed by atoms with Gasteiger partial charge in [-0.2, -0.15) is 0 Å². The smallest absolute Gasteiger partial charge is 0.410 e. The van der Waals surface area contributed by atoms with Crippen molar-refractivity contribution in [3.63, 3.8) is 0 Å². The van der Waals surface area contributed by atoms with E-state index in [1.807, 2.05) is 0 Å². The molecule has 7 heteroatoms. The molecule has 2 atom stereocenters. The molecule has 1 aromatic heterocycles. The number of aldehydes is 1. The Balaban J connectivity index is 2.05. The van der Waals surface area contributed by atoms with E-state index in [4.69, 9.17) is 4.74 Å². The van der Waals surface area contributed by atoms with Crippen molar-refractivity contribution in [2.24, 2.45) is 0 Å².